The molecule has 0 radical (unpaired) electrons. The average Bonchev–Trinajstić information content (AvgIpc) is 2.80. The Balaban J connectivity index is 1.42. The maximum atomic E-state index is 13.9. The van der Waals surface area contributed by atoms with Crippen LogP contribution in [0.5, 0.6) is 0 Å². The second-order valence-electron chi connectivity index (χ2n) is 7.84. The number of aromatic nitrogens is 2. The van der Waals surface area contributed by atoms with Crippen LogP contribution >= 0.6 is 11.8 Å². The van der Waals surface area contributed by atoms with Crippen molar-refractivity contribution in [2.45, 2.75) is 36.2 Å². The Morgan fingerprint density at radius 1 is 1.16 bits per heavy atom. The molecule has 166 valence electrons. The van der Waals surface area contributed by atoms with Crippen LogP contribution in [0.25, 0.3) is 0 Å². The molecular formula is C24H24F2N4OS. The van der Waals surface area contributed by atoms with E-state index in [9.17, 15) is 13.6 Å². The summed E-state index contributed by atoms with van der Waals surface area (Å²) in [5.41, 5.74) is 1.46. The monoisotopic (exact) mass is 454 g/mol. The van der Waals surface area contributed by atoms with E-state index in [1.54, 1.807) is 24.2 Å². The van der Waals surface area contributed by atoms with Gasteiger partial charge in [0.1, 0.15) is 16.7 Å². The summed E-state index contributed by atoms with van der Waals surface area (Å²) in [6.07, 6.45) is 4.92. The second-order valence-corrected chi connectivity index (χ2v) is 8.90. The van der Waals surface area contributed by atoms with E-state index in [4.69, 9.17) is 0 Å². The largest absolute Gasteiger partial charge is 0.354 e. The standard InChI is InChI=1S/C24H24F2N4OS/c1-16-4-8-20(9-5-16)32-24-22(27-10-11-28-24)30-12-2-3-18(15-30)23(31)29-14-17-6-7-19(25)13-21(17)26/h4-11,13,18H,2-3,12,14-15H2,1H3,(H,29,31). The molecule has 1 aromatic heterocycles. The summed E-state index contributed by atoms with van der Waals surface area (Å²) in [5, 5.41) is 3.59. The second kappa shape index (κ2) is 10.1. The first-order valence-corrected chi connectivity index (χ1v) is 11.3. The number of halogens is 2. The summed E-state index contributed by atoms with van der Waals surface area (Å²) in [6.45, 7) is 3.38. The smallest absolute Gasteiger partial charge is 0.225 e. The van der Waals surface area contributed by atoms with Crippen molar-refractivity contribution in [3.05, 3.63) is 77.6 Å². The third kappa shape index (κ3) is 5.43. The number of hydrogen-bond donors (Lipinski definition) is 1. The van der Waals surface area contributed by atoms with Crippen molar-refractivity contribution >= 4 is 23.5 Å². The molecule has 4 rings (SSSR count). The van der Waals surface area contributed by atoms with E-state index in [2.05, 4.69) is 44.5 Å². The molecule has 1 fully saturated rings. The molecule has 1 atom stereocenters. The van der Waals surface area contributed by atoms with Crippen LogP contribution in [-0.2, 0) is 11.3 Å². The zero-order chi connectivity index (χ0) is 22.5. The normalized spacial score (nSPS) is 16.1. The van der Waals surface area contributed by atoms with Gasteiger partial charge in [0.05, 0.1) is 5.92 Å². The Bertz CT molecular complexity index is 1090. The Kier molecular flexibility index (Phi) is 6.99. The van der Waals surface area contributed by atoms with E-state index in [0.717, 1.165) is 41.2 Å². The Labute approximate surface area is 190 Å². The molecule has 0 aliphatic carbocycles. The fourth-order valence-corrected chi connectivity index (χ4v) is 4.58. The number of nitrogens with one attached hydrogen (secondary N) is 1. The van der Waals surface area contributed by atoms with E-state index in [-0.39, 0.29) is 23.9 Å². The molecule has 1 aliphatic heterocycles. The van der Waals surface area contributed by atoms with Crippen LogP contribution in [0.3, 0.4) is 0 Å². The minimum atomic E-state index is -0.659. The highest BCUT2D eigenvalue weighted by Crippen LogP contribution is 2.34. The first-order chi connectivity index (χ1) is 15.5. The molecule has 5 nitrogen and oxygen atoms in total. The number of amides is 1. The number of hydrogen-bond acceptors (Lipinski definition) is 5. The lowest BCUT2D eigenvalue weighted by Gasteiger charge is -2.33. The van der Waals surface area contributed by atoms with Gasteiger partial charge in [-0.15, -0.1) is 0 Å². The lowest BCUT2D eigenvalue weighted by atomic mass is 9.97. The fraction of sp³-hybridized carbons (Fsp3) is 0.292. The van der Waals surface area contributed by atoms with Crippen molar-refractivity contribution in [3.63, 3.8) is 0 Å². The first-order valence-electron chi connectivity index (χ1n) is 10.5. The summed E-state index contributed by atoms with van der Waals surface area (Å²) in [7, 11) is 0. The summed E-state index contributed by atoms with van der Waals surface area (Å²) in [5.74, 6) is -0.918. The number of carbonyl (C=O) groups is 1. The number of anilines is 1. The van der Waals surface area contributed by atoms with Crippen LogP contribution in [0.4, 0.5) is 14.6 Å². The van der Waals surface area contributed by atoms with Gasteiger partial charge in [-0.25, -0.2) is 18.7 Å². The topological polar surface area (TPSA) is 58.1 Å². The van der Waals surface area contributed by atoms with E-state index >= 15 is 0 Å². The van der Waals surface area contributed by atoms with Gasteiger partial charge in [-0.1, -0.05) is 35.5 Å². The SMILES string of the molecule is Cc1ccc(Sc2nccnc2N2CCCC(C(=O)NCc3ccc(F)cc3F)C2)cc1. The molecule has 1 saturated heterocycles. The van der Waals surface area contributed by atoms with Crippen LogP contribution < -0.4 is 10.2 Å². The molecular weight excluding hydrogens is 430 g/mol. The van der Waals surface area contributed by atoms with Crippen LogP contribution in [0, 0.1) is 24.5 Å². The molecule has 0 bridgehead atoms. The summed E-state index contributed by atoms with van der Waals surface area (Å²) < 4.78 is 26.9. The van der Waals surface area contributed by atoms with Gasteiger partial charge >= 0.3 is 0 Å². The molecule has 0 saturated carbocycles. The van der Waals surface area contributed by atoms with Crippen molar-refractivity contribution < 1.29 is 13.6 Å². The molecule has 1 N–H and O–H groups in total. The van der Waals surface area contributed by atoms with Gasteiger partial charge in [0.15, 0.2) is 5.82 Å². The van der Waals surface area contributed by atoms with Gasteiger partial charge in [0.2, 0.25) is 5.91 Å². The maximum Gasteiger partial charge on any atom is 0.225 e. The van der Waals surface area contributed by atoms with Crippen LogP contribution in [0.15, 0.2) is 64.8 Å². The Morgan fingerprint density at radius 3 is 2.72 bits per heavy atom. The number of nitrogens with zero attached hydrogens (tertiary/aromatic N) is 3. The number of aryl methyl sites for hydroxylation is 1. The molecule has 2 aromatic carbocycles. The molecule has 0 spiro atoms. The fourth-order valence-electron chi connectivity index (χ4n) is 3.70. The van der Waals surface area contributed by atoms with E-state index < -0.39 is 11.6 Å². The minimum Gasteiger partial charge on any atom is -0.354 e. The molecule has 1 unspecified atom stereocenters. The highest BCUT2D eigenvalue weighted by Gasteiger charge is 2.28. The van der Waals surface area contributed by atoms with Crippen molar-refractivity contribution in [1.82, 2.24) is 15.3 Å². The molecule has 3 aromatic rings. The van der Waals surface area contributed by atoms with Crippen molar-refractivity contribution in [2.24, 2.45) is 5.92 Å². The van der Waals surface area contributed by atoms with Crippen LogP contribution in [-0.4, -0.2) is 29.0 Å². The minimum absolute atomic E-state index is 0.0289. The van der Waals surface area contributed by atoms with Gasteiger partial charge in [-0.2, -0.15) is 0 Å². The molecule has 32 heavy (non-hydrogen) atoms. The Hall–Kier alpha value is -3.00. The third-order valence-electron chi connectivity index (χ3n) is 5.44. The summed E-state index contributed by atoms with van der Waals surface area (Å²) in [6, 6.07) is 11.6. The maximum absolute atomic E-state index is 13.9. The highest BCUT2D eigenvalue weighted by atomic mass is 32.2. The molecule has 1 amide bonds. The van der Waals surface area contributed by atoms with Crippen LogP contribution in [0.1, 0.15) is 24.0 Å². The first kappa shape index (κ1) is 22.2. The van der Waals surface area contributed by atoms with Crippen LogP contribution in [0.2, 0.25) is 0 Å². The average molecular weight is 455 g/mol. The third-order valence-corrected chi connectivity index (χ3v) is 6.43. The van der Waals surface area contributed by atoms with E-state index in [1.807, 2.05) is 6.92 Å². The van der Waals surface area contributed by atoms with Crippen molar-refractivity contribution in [3.8, 4) is 0 Å². The number of rotatable bonds is 6. The van der Waals surface area contributed by atoms with Crippen molar-refractivity contribution in [1.29, 1.82) is 0 Å². The lowest BCUT2D eigenvalue weighted by Crippen LogP contribution is -2.43. The number of benzene rings is 2. The van der Waals surface area contributed by atoms with Gasteiger partial charge in [-0.05, 0) is 38.0 Å². The number of piperidine rings is 1. The predicted octanol–water partition coefficient (Wildman–Crippen LogP) is 4.75. The number of carbonyl (C=O) groups excluding carboxylic acids is 1. The van der Waals surface area contributed by atoms with Gasteiger partial charge in [0.25, 0.3) is 0 Å². The summed E-state index contributed by atoms with van der Waals surface area (Å²) in [4.78, 5) is 25.0. The van der Waals surface area contributed by atoms with Gasteiger partial charge < -0.3 is 10.2 Å². The highest BCUT2D eigenvalue weighted by molar-refractivity contribution is 7.99. The van der Waals surface area contributed by atoms with Crippen molar-refractivity contribution in [2.75, 3.05) is 18.0 Å². The zero-order valence-corrected chi connectivity index (χ0v) is 18.5. The zero-order valence-electron chi connectivity index (χ0n) is 17.7. The lowest BCUT2D eigenvalue weighted by molar-refractivity contribution is -0.125. The quantitative estimate of drug-likeness (QED) is 0.583. The van der Waals surface area contributed by atoms with Gasteiger partial charge in [0, 0.05) is 48.6 Å². The van der Waals surface area contributed by atoms with E-state index in [0.29, 0.717) is 6.54 Å². The molecule has 2 heterocycles. The summed E-state index contributed by atoms with van der Waals surface area (Å²) >= 11 is 1.55. The predicted molar refractivity (Wildman–Crippen MR) is 120 cm³/mol. The Morgan fingerprint density at radius 2 is 1.94 bits per heavy atom. The molecule has 8 heteroatoms. The van der Waals surface area contributed by atoms with E-state index in [1.165, 1.54) is 17.7 Å². The van der Waals surface area contributed by atoms with Gasteiger partial charge in [-0.3, -0.25) is 4.79 Å². The molecule has 1 aliphatic rings.